The number of carbonyl (C=O) groups excluding carboxylic acids is 1. The molecule has 6 heteroatoms. The Morgan fingerprint density at radius 1 is 1.17 bits per heavy atom. The molecule has 0 aliphatic carbocycles. The molecule has 1 aromatic carbocycles. The van der Waals surface area contributed by atoms with Crippen molar-refractivity contribution in [1.29, 1.82) is 0 Å². The van der Waals surface area contributed by atoms with Gasteiger partial charge in [0, 0.05) is 37.9 Å². The molecular formula is C18H24N4O2. The van der Waals surface area contributed by atoms with E-state index >= 15 is 0 Å². The Bertz CT molecular complexity index is 685. The molecule has 2 aromatic rings. The summed E-state index contributed by atoms with van der Waals surface area (Å²) in [7, 11) is 0. The van der Waals surface area contributed by atoms with E-state index in [0.29, 0.717) is 30.6 Å². The van der Waals surface area contributed by atoms with Gasteiger partial charge in [-0.25, -0.2) is 4.79 Å². The maximum atomic E-state index is 12.3. The van der Waals surface area contributed by atoms with E-state index in [0.717, 1.165) is 13.1 Å². The van der Waals surface area contributed by atoms with Crippen molar-refractivity contribution < 1.29 is 9.32 Å². The van der Waals surface area contributed by atoms with Crippen LogP contribution in [-0.4, -0.2) is 42.3 Å². The lowest BCUT2D eigenvalue weighted by molar-refractivity contribution is 0.208. The number of benzene rings is 1. The molecule has 0 radical (unpaired) electrons. The largest absolute Gasteiger partial charge is 0.368 e. The summed E-state index contributed by atoms with van der Waals surface area (Å²) in [5.41, 5.74) is 2.56. The van der Waals surface area contributed by atoms with Crippen molar-refractivity contribution in [3.63, 3.8) is 0 Å². The highest BCUT2D eigenvalue weighted by Gasteiger charge is 2.22. The first-order chi connectivity index (χ1) is 11.5. The molecule has 0 saturated carbocycles. The third-order valence-electron chi connectivity index (χ3n) is 4.35. The normalized spacial score (nSPS) is 15.0. The molecule has 0 atom stereocenters. The Kier molecular flexibility index (Phi) is 4.74. The predicted octanol–water partition coefficient (Wildman–Crippen LogP) is 3.46. The van der Waals surface area contributed by atoms with Gasteiger partial charge >= 0.3 is 6.03 Å². The van der Waals surface area contributed by atoms with Crippen LogP contribution in [0.25, 0.3) is 0 Å². The number of nitrogens with one attached hydrogen (secondary N) is 1. The summed E-state index contributed by atoms with van der Waals surface area (Å²) in [6, 6.07) is 10.3. The van der Waals surface area contributed by atoms with Crippen molar-refractivity contribution in [2.24, 2.45) is 0 Å². The van der Waals surface area contributed by atoms with Crippen LogP contribution < -0.4 is 10.2 Å². The fourth-order valence-corrected chi connectivity index (χ4v) is 2.85. The standard InChI is InChI=1S/C18H24N4O2/c1-13(2)15-4-6-16(7-5-15)21-8-10-22(11-9-21)18(23)19-17-12-14(3)24-20-17/h4-7,12-13H,8-11H2,1-3H3,(H,19,20,23). The van der Waals surface area contributed by atoms with Crippen LogP contribution in [-0.2, 0) is 0 Å². The summed E-state index contributed by atoms with van der Waals surface area (Å²) in [5, 5.41) is 6.56. The monoisotopic (exact) mass is 328 g/mol. The molecule has 1 fully saturated rings. The van der Waals surface area contributed by atoms with E-state index in [2.05, 4.69) is 53.5 Å². The second-order valence-electron chi connectivity index (χ2n) is 6.47. The number of rotatable bonds is 3. The topological polar surface area (TPSA) is 61.6 Å². The number of piperazine rings is 1. The van der Waals surface area contributed by atoms with Gasteiger partial charge in [-0.15, -0.1) is 0 Å². The van der Waals surface area contributed by atoms with Crippen LogP contribution in [0, 0.1) is 6.92 Å². The molecule has 2 amide bonds. The molecule has 24 heavy (non-hydrogen) atoms. The minimum Gasteiger partial charge on any atom is -0.368 e. The molecule has 1 N–H and O–H groups in total. The van der Waals surface area contributed by atoms with Crippen LogP contribution in [0.4, 0.5) is 16.3 Å². The highest BCUT2D eigenvalue weighted by Crippen LogP contribution is 2.21. The van der Waals surface area contributed by atoms with Crippen LogP contribution in [0.15, 0.2) is 34.9 Å². The third-order valence-corrected chi connectivity index (χ3v) is 4.35. The van der Waals surface area contributed by atoms with Crippen molar-refractivity contribution in [2.45, 2.75) is 26.7 Å². The zero-order valence-electron chi connectivity index (χ0n) is 14.5. The Morgan fingerprint density at radius 3 is 2.38 bits per heavy atom. The van der Waals surface area contributed by atoms with E-state index in [1.54, 1.807) is 13.0 Å². The van der Waals surface area contributed by atoms with Crippen molar-refractivity contribution in [3.05, 3.63) is 41.7 Å². The smallest absolute Gasteiger partial charge is 0.323 e. The number of hydrogen-bond donors (Lipinski definition) is 1. The molecule has 128 valence electrons. The van der Waals surface area contributed by atoms with Gasteiger partial charge in [-0.05, 0) is 30.5 Å². The summed E-state index contributed by atoms with van der Waals surface area (Å²) in [6.07, 6.45) is 0. The average Bonchev–Trinajstić information content (AvgIpc) is 3.00. The first kappa shape index (κ1) is 16.4. The molecule has 3 rings (SSSR count). The first-order valence-electron chi connectivity index (χ1n) is 8.37. The molecule has 1 aliphatic heterocycles. The highest BCUT2D eigenvalue weighted by atomic mass is 16.5. The lowest BCUT2D eigenvalue weighted by atomic mass is 10.0. The molecule has 0 unspecified atom stereocenters. The second kappa shape index (κ2) is 6.95. The minimum absolute atomic E-state index is 0.127. The van der Waals surface area contributed by atoms with Crippen LogP contribution in [0.1, 0.15) is 31.1 Å². The van der Waals surface area contributed by atoms with Crippen molar-refractivity contribution in [3.8, 4) is 0 Å². The zero-order valence-corrected chi connectivity index (χ0v) is 14.5. The number of aromatic nitrogens is 1. The van der Waals surface area contributed by atoms with Crippen molar-refractivity contribution in [1.82, 2.24) is 10.1 Å². The van der Waals surface area contributed by atoms with Crippen LogP contribution in [0.5, 0.6) is 0 Å². The minimum atomic E-state index is -0.127. The number of amides is 2. The Morgan fingerprint density at radius 2 is 1.83 bits per heavy atom. The highest BCUT2D eigenvalue weighted by molar-refractivity contribution is 5.88. The van der Waals surface area contributed by atoms with E-state index in [9.17, 15) is 4.79 Å². The van der Waals surface area contributed by atoms with E-state index in [1.807, 2.05) is 4.90 Å². The van der Waals surface area contributed by atoms with Crippen LogP contribution in [0.3, 0.4) is 0 Å². The summed E-state index contributed by atoms with van der Waals surface area (Å²) < 4.78 is 4.96. The van der Waals surface area contributed by atoms with Gasteiger partial charge in [-0.3, -0.25) is 5.32 Å². The first-order valence-corrected chi connectivity index (χ1v) is 8.37. The molecule has 1 saturated heterocycles. The number of urea groups is 1. The third kappa shape index (κ3) is 3.69. The van der Waals surface area contributed by atoms with Crippen molar-refractivity contribution in [2.75, 3.05) is 36.4 Å². The molecule has 0 bridgehead atoms. The summed E-state index contributed by atoms with van der Waals surface area (Å²) in [4.78, 5) is 16.4. The molecule has 0 spiro atoms. The van der Waals surface area contributed by atoms with Crippen LogP contribution >= 0.6 is 0 Å². The number of aryl methyl sites for hydroxylation is 1. The Balaban J connectivity index is 1.54. The van der Waals surface area contributed by atoms with Gasteiger partial charge in [-0.1, -0.05) is 31.1 Å². The fourth-order valence-electron chi connectivity index (χ4n) is 2.85. The second-order valence-corrected chi connectivity index (χ2v) is 6.47. The van der Waals surface area contributed by atoms with E-state index < -0.39 is 0 Å². The van der Waals surface area contributed by atoms with Crippen molar-refractivity contribution >= 4 is 17.5 Å². The van der Waals surface area contributed by atoms with Gasteiger partial charge in [0.1, 0.15) is 5.76 Å². The number of nitrogens with zero attached hydrogens (tertiary/aromatic N) is 3. The molecule has 6 nitrogen and oxygen atoms in total. The quantitative estimate of drug-likeness (QED) is 0.937. The molecule has 2 heterocycles. The van der Waals surface area contributed by atoms with E-state index in [-0.39, 0.29) is 6.03 Å². The average molecular weight is 328 g/mol. The van der Waals surface area contributed by atoms with Gasteiger partial charge in [0.05, 0.1) is 0 Å². The van der Waals surface area contributed by atoms with Gasteiger partial charge < -0.3 is 14.3 Å². The summed E-state index contributed by atoms with van der Waals surface area (Å²) in [5.74, 6) is 1.68. The van der Waals surface area contributed by atoms with Gasteiger partial charge in [0.25, 0.3) is 0 Å². The van der Waals surface area contributed by atoms with Gasteiger partial charge in [0.15, 0.2) is 5.82 Å². The molecular weight excluding hydrogens is 304 g/mol. The molecule has 1 aliphatic rings. The predicted molar refractivity (Wildman–Crippen MR) is 94.6 cm³/mol. The number of carbonyl (C=O) groups is 1. The lowest BCUT2D eigenvalue weighted by Crippen LogP contribution is -2.50. The van der Waals surface area contributed by atoms with Crippen LogP contribution in [0.2, 0.25) is 0 Å². The number of anilines is 2. The summed E-state index contributed by atoms with van der Waals surface area (Å²) in [6.45, 7) is 9.22. The summed E-state index contributed by atoms with van der Waals surface area (Å²) >= 11 is 0. The SMILES string of the molecule is Cc1cc(NC(=O)N2CCN(c3ccc(C(C)C)cc3)CC2)no1. The molecule has 1 aromatic heterocycles. The number of hydrogen-bond acceptors (Lipinski definition) is 4. The Hall–Kier alpha value is -2.50. The van der Waals surface area contributed by atoms with Gasteiger partial charge in [0.2, 0.25) is 0 Å². The van der Waals surface area contributed by atoms with E-state index in [1.165, 1.54) is 11.3 Å². The fraction of sp³-hybridized carbons (Fsp3) is 0.444. The zero-order chi connectivity index (χ0) is 17.1. The van der Waals surface area contributed by atoms with E-state index in [4.69, 9.17) is 4.52 Å². The maximum absolute atomic E-state index is 12.3. The van der Waals surface area contributed by atoms with Gasteiger partial charge in [-0.2, -0.15) is 0 Å². The maximum Gasteiger partial charge on any atom is 0.323 e. The lowest BCUT2D eigenvalue weighted by Gasteiger charge is -2.36. The Labute approximate surface area is 142 Å².